The first-order valence-electron chi connectivity index (χ1n) is 11.3. The van der Waals surface area contributed by atoms with Crippen LogP contribution >= 0.6 is 11.3 Å². The second kappa shape index (κ2) is 9.95. The largest absolute Gasteiger partial charge is 0.493 e. The number of thiazole rings is 1. The summed E-state index contributed by atoms with van der Waals surface area (Å²) in [6, 6.07) is 8.30. The Bertz CT molecular complexity index is 1470. The maximum Gasteiger partial charge on any atom is 0.338 e. The average molecular weight is 497 g/mol. The third-order valence-corrected chi connectivity index (χ3v) is 6.40. The standard InChI is InChI=1S/C26H28N2O6S/c1-7-32-25(30)22-16(5)27-26-28(24(29)21(35-26)13-18-10-8-15(4)34-18)23(22)17-9-11-19(33-14(2)3)20(12-17)31-6/h8-14,23H,7H2,1-6H3. The Morgan fingerprint density at radius 2 is 2.00 bits per heavy atom. The molecule has 9 heteroatoms. The number of carbonyl (C=O) groups is 1. The van der Waals surface area contributed by atoms with Gasteiger partial charge in [0.15, 0.2) is 16.3 Å². The summed E-state index contributed by atoms with van der Waals surface area (Å²) in [6.07, 6.45) is 1.65. The lowest BCUT2D eigenvalue weighted by Gasteiger charge is -2.25. The molecule has 4 rings (SSSR count). The van der Waals surface area contributed by atoms with Crippen molar-refractivity contribution in [1.29, 1.82) is 0 Å². The van der Waals surface area contributed by atoms with E-state index >= 15 is 0 Å². The van der Waals surface area contributed by atoms with E-state index in [4.69, 9.17) is 18.6 Å². The smallest absolute Gasteiger partial charge is 0.338 e. The molecule has 0 bridgehead atoms. The molecule has 1 aliphatic rings. The molecule has 0 saturated carbocycles. The van der Waals surface area contributed by atoms with Crippen LogP contribution < -0.4 is 24.4 Å². The van der Waals surface area contributed by atoms with E-state index in [1.165, 1.54) is 15.9 Å². The fraction of sp³-hybridized carbons (Fsp3) is 0.346. The summed E-state index contributed by atoms with van der Waals surface area (Å²) in [5.74, 6) is 1.88. The summed E-state index contributed by atoms with van der Waals surface area (Å²) in [5.41, 5.74) is 1.20. The van der Waals surface area contributed by atoms with Crippen LogP contribution in [-0.2, 0) is 9.53 Å². The normalized spacial score (nSPS) is 15.7. The zero-order valence-electron chi connectivity index (χ0n) is 20.6. The van der Waals surface area contributed by atoms with E-state index in [0.717, 1.165) is 5.76 Å². The van der Waals surface area contributed by atoms with E-state index in [2.05, 4.69) is 4.99 Å². The van der Waals surface area contributed by atoms with E-state index in [-0.39, 0.29) is 18.3 Å². The van der Waals surface area contributed by atoms with Crippen LogP contribution in [0.5, 0.6) is 11.5 Å². The first kappa shape index (κ1) is 24.5. The number of aryl methyl sites for hydroxylation is 1. The van der Waals surface area contributed by atoms with Gasteiger partial charge >= 0.3 is 5.97 Å². The number of benzene rings is 1. The third-order valence-electron chi connectivity index (χ3n) is 5.42. The first-order chi connectivity index (χ1) is 16.7. The summed E-state index contributed by atoms with van der Waals surface area (Å²) >= 11 is 1.24. The van der Waals surface area contributed by atoms with E-state index in [9.17, 15) is 9.59 Å². The van der Waals surface area contributed by atoms with Crippen LogP contribution in [0.25, 0.3) is 6.08 Å². The third kappa shape index (κ3) is 4.81. The number of methoxy groups -OCH3 is 1. The molecule has 1 aliphatic heterocycles. The van der Waals surface area contributed by atoms with Crippen molar-refractivity contribution in [3.05, 3.63) is 78.4 Å². The van der Waals surface area contributed by atoms with Gasteiger partial charge in [-0.25, -0.2) is 9.79 Å². The number of hydrogen-bond donors (Lipinski definition) is 0. The molecule has 35 heavy (non-hydrogen) atoms. The SMILES string of the molecule is CCOC(=O)C1=C(C)N=c2sc(=Cc3ccc(C)o3)c(=O)n2C1c1ccc(OC(C)C)c(OC)c1. The average Bonchev–Trinajstić information content (AvgIpc) is 3.35. The van der Waals surface area contributed by atoms with Crippen molar-refractivity contribution in [3.63, 3.8) is 0 Å². The number of esters is 1. The zero-order chi connectivity index (χ0) is 25.3. The van der Waals surface area contributed by atoms with Crippen molar-refractivity contribution >= 4 is 23.4 Å². The highest BCUT2D eigenvalue weighted by atomic mass is 32.1. The summed E-state index contributed by atoms with van der Waals surface area (Å²) in [6.45, 7) is 9.39. The van der Waals surface area contributed by atoms with Gasteiger partial charge in [-0.1, -0.05) is 17.4 Å². The van der Waals surface area contributed by atoms with Gasteiger partial charge in [-0.2, -0.15) is 0 Å². The minimum absolute atomic E-state index is 0.0464. The summed E-state index contributed by atoms with van der Waals surface area (Å²) in [7, 11) is 1.55. The monoisotopic (exact) mass is 496 g/mol. The van der Waals surface area contributed by atoms with Gasteiger partial charge in [-0.15, -0.1) is 0 Å². The maximum absolute atomic E-state index is 13.6. The highest BCUT2D eigenvalue weighted by molar-refractivity contribution is 7.07. The minimum atomic E-state index is -0.743. The molecule has 1 unspecified atom stereocenters. The fourth-order valence-electron chi connectivity index (χ4n) is 3.97. The second-order valence-corrected chi connectivity index (χ2v) is 9.34. The van der Waals surface area contributed by atoms with Crippen molar-refractivity contribution < 1.29 is 23.4 Å². The predicted molar refractivity (Wildman–Crippen MR) is 133 cm³/mol. The van der Waals surface area contributed by atoms with Crippen LogP contribution in [0.15, 0.2) is 55.8 Å². The molecule has 0 fully saturated rings. The Morgan fingerprint density at radius 1 is 1.23 bits per heavy atom. The highest BCUT2D eigenvalue weighted by Gasteiger charge is 2.34. The van der Waals surface area contributed by atoms with E-state index in [0.29, 0.717) is 43.4 Å². The van der Waals surface area contributed by atoms with Crippen LogP contribution in [-0.4, -0.2) is 30.4 Å². The van der Waals surface area contributed by atoms with Crippen LogP contribution in [0.1, 0.15) is 50.8 Å². The molecule has 2 aromatic heterocycles. The Labute approximate surface area is 206 Å². The number of aromatic nitrogens is 1. The molecular weight excluding hydrogens is 468 g/mol. The lowest BCUT2D eigenvalue weighted by atomic mass is 9.95. The van der Waals surface area contributed by atoms with Gasteiger partial charge in [-0.3, -0.25) is 9.36 Å². The number of allylic oxidation sites excluding steroid dienone is 1. The summed E-state index contributed by atoms with van der Waals surface area (Å²) in [5, 5.41) is 0. The lowest BCUT2D eigenvalue weighted by molar-refractivity contribution is -0.139. The van der Waals surface area contributed by atoms with Gasteiger partial charge in [0.05, 0.1) is 41.7 Å². The van der Waals surface area contributed by atoms with E-state index in [1.54, 1.807) is 45.2 Å². The molecule has 3 aromatic rings. The molecular formula is C26H28N2O6S. The summed E-state index contributed by atoms with van der Waals surface area (Å²) < 4.78 is 24.4. The molecule has 0 spiro atoms. The van der Waals surface area contributed by atoms with Gasteiger partial charge in [0.1, 0.15) is 11.5 Å². The van der Waals surface area contributed by atoms with Crippen LogP contribution in [0.3, 0.4) is 0 Å². The Balaban J connectivity index is 1.94. The molecule has 0 radical (unpaired) electrons. The van der Waals surface area contributed by atoms with Crippen LogP contribution in [0, 0.1) is 6.92 Å². The van der Waals surface area contributed by atoms with Crippen molar-refractivity contribution in [2.45, 2.75) is 46.8 Å². The number of carbonyl (C=O) groups excluding carboxylic acids is 1. The minimum Gasteiger partial charge on any atom is -0.493 e. The highest BCUT2D eigenvalue weighted by Crippen LogP contribution is 2.36. The van der Waals surface area contributed by atoms with Crippen molar-refractivity contribution in [2.24, 2.45) is 4.99 Å². The van der Waals surface area contributed by atoms with Crippen molar-refractivity contribution in [3.8, 4) is 11.5 Å². The van der Waals surface area contributed by atoms with Crippen LogP contribution in [0.2, 0.25) is 0 Å². The van der Waals surface area contributed by atoms with Gasteiger partial charge in [-0.05, 0) is 64.4 Å². The number of rotatable bonds is 7. The lowest BCUT2D eigenvalue weighted by Crippen LogP contribution is -2.40. The van der Waals surface area contributed by atoms with Gasteiger partial charge in [0.25, 0.3) is 5.56 Å². The van der Waals surface area contributed by atoms with E-state index < -0.39 is 12.0 Å². The topological polar surface area (TPSA) is 92.3 Å². The number of fused-ring (bicyclic) bond motifs is 1. The molecule has 0 saturated heterocycles. The Morgan fingerprint density at radius 3 is 2.63 bits per heavy atom. The molecule has 0 amide bonds. The molecule has 1 atom stereocenters. The van der Waals surface area contributed by atoms with Gasteiger partial charge < -0.3 is 18.6 Å². The molecule has 0 aliphatic carbocycles. The zero-order valence-corrected chi connectivity index (χ0v) is 21.4. The van der Waals surface area contributed by atoms with Gasteiger partial charge in [0, 0.05) is 6.08 Å². The second-order valence-electron chi connectivity index (χ2n) is 8.33. The molecule has 3 heterocycles. The Kier molecular flexibility index (Phi) is 6.98. The van der Waals surface area contributed by atoms with Crippen LogP contribution in [0.4, 0.5) is 0 Å². The number of nitrogens with zero attached hydrogens (tertiary/aromatic N) is 2. The molecule has 1 aromatic carbocycles. The van der Waals surface area contributed by atoms with E-state index in [1.807, 2.05) is 32.9 Å². The number of ether oxygens (including phenoxy) is 3. The quantitative estimate of drug-likeness (QED) is 0.465. The molecule has 8 nitrogen and oxygen atoms in total. The maximum atomic E-state index is 13.6. The number of furan rings is 1. The molecule has 0 N–H and O–H groups in total. The van der Waals surface area contributed by atoms with Crippen molar-refractivity contribution in [2.75, 3.05) is 13.7 Å². The fourth-order valence-corrected chi connectivity index (χ4v) is 5.00. The summed E-state index contributed by atoms with van der Waals surface area (Å²) in [4.78, 5) is 31.7. The molecule has 184 valence electrons. The Hall–Kier alpha value is -3.59. The predicted octanol–water partition coefficient (Wildman–Crippen LogP) is 3.50. The number of hydrogen-bond acceptors (Lipinski definition) is 8. The first-order valence-corrected chi connectivity index (χ1v) is 12.2. The van der Waals surface area contributed by atoms with Crippen molar-refractivity contribution in [1.82, 2.24) is 4.57 Å². The van der Waals surface area contributed by atoms with Gasteiger partial charge in [0.2, 0.25) is 0 Å².